The van der Waals surface area contributed by atoms with Crippen LogP contribution in [-0.2, 0) is 0 Å². The van der Waals surface area contributed by atoms with Crippen molar-refractivity contribution < 1.29 is 0 Å². The van der Waals surface area contributed by atoms with E-state index in [1.807, 2.05) is 32.0 Å². The van der Waals surface area contributed by atoms with Crippen LogP contribution in [0.2, 0.25) is 10.3 Å². The molecule has 88 valence electrons. The fourth-order valence-electron chi connectivity index (χ4n) is 1.35. The van der Waals surface area contributed by atoms with Crippen LogP contribution in [0.4, 0.5) is 11.5 Å². The highest BCUT2D eigenvalue weighted by atomic mass is 35.5. The first-order chi connectivity index (χ1) is 8.06. The number of aryl methyl sites for hydroxylation is 2. The Bertz CT molecular complexity index is 555. The molecule has 0 amide bonds. The predicted octanol–water partition coefficient (Wildman–Crippen LogP) is 4.14. The summed E-state index contributed by atoms with van der Waals surface area (Å²) in [4.78, 5) is 8.02. The third-order valence-corrected chi connectivity index (χ3v) is 2.97. The molecule has 0 aliphatic carbocycles. The summed E-state index contributed by atoms with van der Waals surface area (Å²) in [6.07, 6.45) is 1.67. The van der Waals surface area contributed by atoms with Crippen LogP contribution in [0.3, 0.4) is 0 Å². The highest BCUT2D eigenvalue weighted by Crippen LogP contribution is 2.24. The molecule has 1 heterocycles. The first-order valence-electron chi connectivity index (χ1n) is 5.08. The van der Waals surface area contributed by atoms with Gasteiger partial charge in [-0.3, -0.25) is 0 Å². The number of hydrogen-bond donors (Lipinski definition) is 1. The fourth-order valence-corrected chi connectivity index (χ4v) is 1.67. The summed E-state index contributed by atoms with van der Waals surface area (Å²) < 4.78 is 0. The number of halogens is 2. The molecular weight excluding hydrogens is 257 g/mol. The lowest BCUT2D eigenvalue weighted by molar-refractivity contribution is 1.13. The van der Waals surface area contributed by atoms with E-state index in [0.717, 1.165) is 16.8 Å². The van der Waals surface area contributed by atoms with E-state index in [2.05, 4.69) is 15.3 Å². The topological polar surface area (TPSA) is 37.8 Å². The Hall–Kier alpha value is -1.32. The molecule has 0 unspecified atom stereocenters. The second-order valence-corrected chi connectivity index (χ2v) is 4.50. The molecule has 0 saturated carbocycles. The largest absolute Gasteiger partial charge is 0.340 e. The molecule has 5 heteroatoms. The molecule has 0 bridgehead atoms. The molecule has 0 spiro atoms. The number of hydrogen-bond acceptors (Lipinski definition) is 3. The molecule has 3 nitrogen and oxygen atoms in total. The first-order valence-corrected chi connectivity index (χ1v) is 5.84. The Morgan fingerprint density at radius 1 is 1.12 bits per heavy atom. The Morgan fingerprint density at radius 3 is 2.59 bits per heavy atom. The quantitative estimate of drug-likeness (QED) is 0.831. The number of nitrogens with one attached hydrogen (secondary N) is 1. The lowest BCUT2D eigenvalue weighted by Gasteiger charge is -2.09. The van der Waals surface area contributed by atoms with Crippen molar-refractivity contribution in [2.45, 2.75) is 13.8 Å². The molecule has 0 atom stereocenters. The van der Waals surface area contributed by atoms with Crippen molar-refractivity contribution >= 4 is 34.7 Å². The van der Waals surface area contributed by atoms with Gasteiger partial charge in [0, 0.05) is 22.5 Å². The van der Waals surface area contributed by atoms with Gasteiger partial charge in [-0.15, -0.1) is 0 Å². The van der Waals surface area contributed by atoms with Crippen molar-refractivity contribution in [3.63, 3.8) is 0 Å². The number of anilines is 2. The van der Waals surface area contributed by atoms with Crippen LogP contribution >= 0.6 is 23.2 Å². The highest BCUT2D eigenvalue weighted by molar-refractivity contribution is 6.31. The summed E-state index contributed by atoms with van der Waals surface area (Å²) in [7, 11) is 0. The monoisotopic (exact) mass is 267 g/mol. The van der Waals surface area contributed by atoms with Gasteiger partial charge in [-0.2, -0.15) is 0 Å². The van der Waals surface area contributed by atoms with E-state index in [4.69, 9.17) is 23.2 Å². The zero-order valence-corrected chi connectivity index (χ0v) is 11.0. The van der Waals surface area contributed by atoms with Gasteiger partial charge in [0.05, 0.1) is 0 Å². The summed E-state index contributed by atoms with van der Waals surface area (Å²) in [5.74, 6) is 0.685. The molecule has 2 aromatic rings. The Morgan fingerprint density at radius 2 is 1.88 bits per heavy atom. The third kappa shape index (κ3) is 2.87. The lowest BCUT2D eigenvalue weighted by atomic mass is 10.2. The molecule has 2 rings (SSSR count). The summed E-state index contributed by atoms with van der Waals surface area (Å²) >= 11 is 11.8. The van der Waals surface area contributed by atoms with E-state index < -0.39 is 0 Å². The molecule has 0 aliphatic heterocycles. The van der Waals surface area contributed by atoms with Gasteiger partial charge < -0.3 is 5.32 Å². The van der Waals surface area contributed by atoms with Crippen molar-refractivity contribution in [3.05, 3.63) is 45.8 Å². The number of aromatic nitrogens is 2. The van der Waals surface area contributed by atoms with Gasteiger partial charge in [0.1, 0.15) is 5.82 Å². The van der Waals surface area contributed by atoms with Crippen molar-refractivity contribution in [3.8, 4) is 0 Å². The van der Waals surface area contributed by atoms with Crippen molar-refractivity contribution in [2.24, 2.45) is 0 Å². The van der Waals surface area contributed by atoms with Crippen LogP contribution in [0.25, 0.3) is 0 Å². The average Bonchev–Trinajstić information content (AvgIpc) is 2.29. The third-order valence-electron chi connectivity index (χ3n) is 2.38. The van der Waals surface area contributed by atoms with Crippen LogP contribution in [0.5, 0.6) is 0 Å². The minimum absolute atomic E-state index is 0.219. The van der Waals surface area contributed by atoms with E-state index in [1.54, 1.807) is 6.20 Å². The van der Waals surface area contributed by atoms with Gasteiger partial charge in [-0.25, -0.2) is 9.97 Å². The van der Waals surface area contributed by atoms with Gasteiger partial charge in [0.25, 0.3) is 0 Å². The van der Waals surface area contributed by atoms with Gasteiger partial charge in [0.2, 0.25) is 5.28 Å². The zero-order chi connectivity index (χ0) is 12.4. The molecule has 0 radical (unpaired) electrons. The SMILES string of the molecule is Cc1ccc(Nc2nc(Cl)ncc2C)cc1Cl. The minimum atomic E-state index is 0.219. The standard InChI is InChI=1S/C12H11Cl2N3/c1-7-3-4-9(5-10(7)13)16-11-8(2)6-15-12(14)17-11/h3-6H,1-2H3,(H,15,16,17). The Labute approximate surface area is 110 Å². The maximum atomic E-state index is 6.05. The maximum Gasteiger partial charge on any atom is 0.224 e. The average molecular weight is 268 g/mol. The number of nitrogens with zero attached hydrogens (tertiary/aromatic N) is 2. The molecule has 17 heavy (non-hydrogen) atoms. The van der Waals surface area contributed by atoms with Crippen LogP contribution in [-0.4, -0.2) is 9.97 Å². The van der Waals surface area contributed by atoms with E-state index in [1.165, 1.54) is 0 Å². The van der Waals surface area contributed by atoms with Gasteiger partial charge in [-0.1, -0.05) is 17.7 Å². The van der Waals surface area contributed by atoms with Crippen molar-refractivity contribution in [1.29, 1.82) is 0 Å². The smallest absolute Gasteiger partial charge is 0.224 e. The minimum Gasteiger partial charge on any atom is -0.340 e. The van der Waals surface area contributed by atoms with Crippen LogP contribution < -0.4 is 5.32 Å². The predicted molar refractivity (Wildman–Crippen MR) is 71.3 cm³/mol. The zero-order valence-electron chi connectivity index (χ0n) is 9.46. The van der Waals surface area contributed by atoms with Crippen LogP contribution in [0, 0.1) is 13.8 Å². The molecule has 0 saturated heterocycles. The number of benzene rings is 1. The van der Waals surface area contributed by atoms with Crippen LogP contribution in [0.1, 0.15) is 11.1 Å². The lowest BCUT2D eigenvalue weighted by Crippen LogP contribution is -1.98. The van der Waals surface area contributed by atoms with Gasteiger partial charge >= 0.3 is 0 Å². The van der Waals surface area contributed by atoms with E-state index in [9.17, 15) is 0 Å². The van der Waals surface area contributed by atoms with Crippen LogP contribution in [0.15, 0.2) is 24.4 Å². The van der Waals surface area contributed by atoms with E-state index in [0.29, 0.717) is 10.8 Å². The molecule has 1 N–H and O–H groups in total. The molecule has 1 aromatic heterocycles. The Kier molecular flexibility index (Phi) is 3.50. The second kappa shape index (κ2) is 4.90. The summed E-state index contributed by atoms with van der Waals surface area (Å²) in [5.41, 5.74) is 2.83. The highest BCUT2D eigenvalue weighted by Gasteiger charge is 2.04. The molecular formula is C12H11Cl2N3. The summed E-state index contributed by atoms with van der Waals surface area (Å²) in [5, 5.41) is 4.10. The summed E-state index contributed by atoms with van der Waals surface area (Å²) in [6, 6.07) is 5.74. The first kappa shape index (κ1) is 12.1. The van der Waals surface area contributed by atoms with Gasteiger partial charge in [-0.05, 0) is 43.1 Å². The van der Waals surface area contributed by atoms with E-state index >= 15 is 0 Å². The van der Waals surface area contributed by atoms with Crippen molar-refractivity contribution in [2.75, 3.05) is 5.32 Å². The van der Waals surface area contributed by atoms with E-state index in [-0.39, 0.29) is 5.28 Å². The van der Waals surface area contributed by atoms with Crippen molar-refractivity contribution in [1.82, 2.24) is 9.97 Å². The Balaban J connectivity index is 2.31. The second-order valence-electron chi connectivity index (χ2n) is 3.76. The summed E-state index contributed by atoms with van der Waals surface area (Å²) in [6.45, 7) is 3.87. The fraction of sp³-hybridized carbons (Fsp3) is 0.167. The van der Waals surface area contributed by atoms with Gasteiger partial charge in [0.15, 0.2) is 0 Å². The number of rotatable bonds is 2. The molecule has 0 aliphatic rings. The molecule has 0 fully saturated rings. The maximum absolute atomic E-state index is 6.05. The molecule has 1 aromatic carbocycles. The normalized spacial score (nSPS) is 10.4.